The molecule has 0 atom stereocenters. The minimum Gasteiger partial charge on any atom is -0.456 e. The van der Waals surface area contributed by atoms with Crippen LogP contribution in [-0.4, -0.2) is 29.1 Å². The summed E-state index contributed by atoms with van der Waals surface area (Å²) >= 11 is 0. The smallest absolute Gasteiger partial charge is 0.238 e. The van der Waals surface area contributed by atoms with Crippen LogP contribution in [-0.2, 0) is 0 Å². The van der Waals surface area contributed by atoms with Crippen molar-refractivity contribution in [1.29, 1.82) is 0 Å². The van der Waals surface area contributed by atoms with Crippen LogP contribution in [0.15, 0.2) is 211 Å². The molecular weight excluding hydrogens is 773 g/mol. The molecule has 63 heavy (non-hydrogen) atoms. The van der Waals surface area contributed by atoms with Gasteiger partial charge in [-0.05, 0) is 89.0 Å². The third-order valence-corrected chi connectivity index (χ3v) is 12.3. The lowest BCUT2D eigenvalue weighted by atomic mass is 9.96. The third kappa shape index (κ3) is 5.60. The molecule has 0 fully saturated rings. The molecule has 294 valence electrons. The largest absolute Gasteiger partial charge is 0.456 e. The number of benzene rings is 8. The molecule has 5 aromatic heterocycles. The molecule has 0 saturated carbocycles. The second-order valence-corrected chi connectivity index (χ2v) is 15.9. The molecule has 5 heterocycles. The maximum Gasteiger partial charge on any atom is 0.238 e. The predicted octanol–water partition coefficient (Wildman–Crippen LogP) is 14.0. The molecule has 0 unspecified atom stereocenters. The van der Waals surface area contributed by atoms with Crippen molar-refractivity contribution in [3.05, 3.63) is 207 Å². The van der Waals surface area contributed by atoms with E-state index in [0.29, 0.717) is 17.6 Å². The number of fused-ring (bicyclic) bond motifs is 9. The van der Waals surface area contributed by atoms with E-state index in [0.717, 1.165) is 99.2 Å². The Balaban J connectivity index is 0.962. The normalized spacial score (nSPS) is 11.8. The fourth-order valence-corrected chi connectivity index (χ4v) is 9.40. The van der Waals surface area contributed by atoms with Crippen molar-refractivity contribution in [3.63, 3.8) is 0 Å². The predicted molar refractivity (Wildman–Crippen MR) is 255 cm³/mol. The van der Waals surface area contributed by atoms with Crippen molar-refractivity contribution in [1.82, 2.24) is 29.1 Å². The first-order valence-corrected chi connectivity index (χ1v) is 21.0. The number of para-hydroxylation sites is 2. The van der Waals surface area contributed by atoms with Crippen LogP contribution in [0.2, 0.25) is 0 Å². The summed E-state index contributed by atoms with van der Waals surface area (Å²) in [5.74, 6) is 1.82. The molecule has 0 N–H and O–H groups in total. The summed E-state index contributed by atoms with van der Waals surface area (Å²) < 4.78 is 11.0. The molecule has 0 saturated heterocycles. The van der Waals surface area contributed by atoms with Gasteiger partial charge in [0.25, 0.3) is 0 Å². The summed E-state index contributed by atoms with van der Waals surface area (Å²) in [6, 6.07) is 67.7. The molecule has 8 aromatic carbocycles. The summed E-state index contributed by atoms with van der Waals surface area (Å²) in [5, 5.41) is 6.74. The monoisotopic (exact) mass is 806 g/mol. The zero-order valence-electron chi connectivity index (χ0n) is 33.7. The van der Waals surface area contributed by atoms with Gasteiger partial charge in [0.2, 0.25) is 5.95 Å². The van der Waals surface area contributed by atoms with E-state index in [4.69, 9.17) is 19.4 Å². The Kier molecular flexibility index (Phi) is 7.77. The zero-order valence-corrected chi connectivity index (χ0v) is 33.7. The lowest BCUT2D eigenvalue weighted by molar-refractivity contribution is 0.669. The average Bonchev–Trinajstić information content (AvgIpc) is 4.02. The number of nitrogens with zero attached hydrogens (tertiary/aromatic N) is 6. The molecule has 7 nitrogen and oxygen atoms in total. The van der Waals surface area contributed by atoms with E-state index < -0.39 is 0 Å². The summed E-state index contributed by atoms with van der Waals surface area (Å²) in [6.45, 7) is 0. The first-order valence-electron chi connectivity index (χ1n) is 21.0. The highest BCUT2D eigenvalue weighted by atomic mass is 16.3. The van der Waals surface area contributed by atoms with Crippen molar-refractivity contribution >= 4 is 65.6 Å². The zero-order chi connectivity index (χ0) is 41.4. The highest BCUT2D eigenvalue weighted by Gasteiger charge is 2.20. The molecule has 0 aliphatic rings. The van der Waals surface area contributed by atoms with Crippen LogP contribution in [0, 0.1) is 0 Å². The number of hydrogen-bond acceptors (Lipinski definition) is 5. The van der Waals surface area contributed by atoms with Crippen LogP contribution in [0.3, 0.4) is 0 Å². The number of pyridine rings is 1. The molecule has 0 aliphatic heterocycles. The fourth-order valence-electron chi connectivity index (χ4n) is 9.40. The molecule has 13 rings (SSSR count). The first kappa shape index (κ1) is 35.1. The highest BCUT2D eigenvalue weighted by molar-refractivity contribution is 6.16. The minimum absolute atomic E-state index is 0.569. The van der Waals surface area contributed by atoms with E-state index in [-0.39, 0.29) is 0 Å². The lowest BCUT2D eigenvalue weighted by Gasteiger charge is -2.11. The van der Waals surface area contributed by atoms with E-state index in [1.807, 2.05) is 79.1 Å². The fraction of sp³-hybridized carbons (Fsp3) is 0. The van der Waals surface area contributed by atoms with Gasteiger partial charge in [0.05, 0.1) is 28.3 Å². The van der Waals surface area contributed by atoms with Gasteiger partial charge < -0.3 is 8.98 Å². The molecule has 0 spiro atoms. The molecule has 7 heteroatoms. The molecule has 0 bridgehead atoms. The molecule has 0 amide bonds. The second-order valence-electron chi connectivity index (χ2n) is 15.9. The highest BCUT2D eigenvalue weighted by Crippen LogP contribution is 2.42. The summed E-state index contributed by atoms with van der Waals surface area (Å²) in [7, 11) is 0. The average molecular weight is 807 g/mol. The van der Waals surface area contributed by atoms with Gasteiger partial charge in [0, 0.05) is 55.3 Å². The number of rotatable bonds is 6. The van der Waals surface area contributed by atoms with E-state index in [1.54, 1.807) is 0 Å². The Morgan fingerprint density at radius 3 is 1.70 bits per heavy atom. The van der Waals surface area contributed by atoms with Crippen LogP contribution in [0.1, 0.15) is 0 Å². The van der Waals surface area contributed by atoms with Crippen LogP contribution >= 0.6 is 0 Å². The van der Waals surface area contributed by atoms with Gasteiger partial charge in [0.1, 0.15) is 11.2 Å². The number of hydrogen-bond donors (Lipinski definition) is 0. The molecular formula is C56H34N6O. The Hall–Kier alpha value is -8.68. The summed E-state index contributed by atoms with van der Waals surface area (Å²) in [4.78, 5) is 19.7. The van der Waals surface area contributed by atoms with Gasteiger partial charge in [0.15, 0.2) is 11.6 Å². The van der Waals surface area contributed by atoms with Crippen LogP contribution in [0.4, 0.5) is 0 Å². The van der Waals surface area contributed by atoms with Gasteiger partial charge in [-0.25, -0.2) is 4.98 Å². The molecule has 0 aliphatic carbocycles. The SMILES string of the molecule is c1ccc(-c2nc(-c3ccccc3)nc(-n3c4ccccc4c4cc(-c5ccc6oc7cccc(-c8ccc9c(c8)c8ccncc8n9-c8ccccc8)c7c6c5)ccc43)n2)cc1. The van der Waals surface area contributed by atoms with Crippen molar-refractivity contribution < 1.29 is 4.42 Å². The van der Waals surface area contributed by atoms with Crippen LogP contribution in [0.5, 0.6) is 0 Å². The summed E-state index contributed by atoms with van der Waals surface area (Å²) in [6.07, 6.45) is 3.83. The topological polar surface area (TPSA) is 74.6 Å². The molecule has 13 aromatic rings. The molecule has 0 radical (unpaired) electrons. The van der Waals surface area contributed by atoms with Crippen LogP contribution in [0.25, 0.3) is 122 Å². The van der Waals surface area contributed by atoms with Crippen molar-refractivity contribution in [2.75, 3.05) is 0 Å². The van der Waals surface area contributed by atoms with Gasteiger partial charge in [-0.1, -0.05) is 127 Å². The standard InChI is InChI=1S/C56H34N6O/c1-4-13-35(14-5-1)54-58-55(36-15-6-2-7-16-36)60-56(59-54)62-47-21-11-10-19-42(47)44-31-37(23-26-49(44)62)38-25-28-51-46(32-38)53-41(20-12-22-52(53)63-51)39-24-27-48-45(33-39)43-29-30-57-34-50(43)61(48)40-17-8-3-9-18-40/h1-34H. The third-order valence-electron chi connectivity index (χ3n) is 12.3. The van der Waals surface area contributed by atoms with Gasteiger partial charge >= 0.3 is 0 Å². The Bertz CT molecular complexity index is 3850. The minimum atomic E-state index is 0.569. The summed E-state index contributed by atoms with van der Waals surface area (Å²) in [5.41, 5.74) is 13.4. The second kappa shape index (κ2) is 13.9. The van der Waals surface area contributed by atoms with Crippen molar-refractivity contribution in [3.8, 4) is 56.7 Å². The quantitative estimate of drug-likeness (QED) is 0.167. The Morgan fingerprint density at radius 2 is 0.952 bits per heavy atom. The Labute approximate surface area is 360 Å². The lowest BCUT2D eigenvalue weighted by Crippen LogP contribution is -2.06. The number of aromatic nitrogens is 6. The number of furan rings is 1. The van der Waals surface area contributed by atoms with Crippen LogP contribution < -0.4 is 0 Å². The maximum atomic E-state index is 6.55. The first-order chi connectivity index (χ1) is 31.2. The van der Waals surface area contributed by atoms with Gasteiger partial charge in [-0.2, -0.15) is 9.97 Å². The van der Waals surface area contributed by atoms with E-state index in [1.165, 1.54) is 5.39 Å². The van der Waals surface area contributed by atoms with Gasteiger partial charge in [-0.15, -0.1) is 0 Å². The maximum absolute atomic E-state index is 6.55. The van der Waals surface area contributed by atoms with E-state index >= 15 is 0 Å². The van der Waals surface area contributed by atoms with Crippen molar-refractivity contribution in [2.45, 2.75) is 0 Å². The van der Waals surface area contributed by atoms with E-state index in [9.17, 15) is 0 Å². The van der Waals surface area contributed by atoms with Gasteiger partial charge in [-0.3, -0.25) is 9.55 Å². The Morgan fingerprint density at radius 1 is 0.365 bits per heavy atom. The van der Waals surface area contributed by atoms with E-state index in [2.05, 4.69) is 142 Å². The van der Waals surface area contributed by atoms with Crippen molar-refractivity contribution in [2.24, 2.45) is 0 Å².